The van der Waals surface area contributed by atoms with Crippen LogP contribution in [0.3, 0.4) is 0 Å². The number of aliphatic carboxylic acids is 1. The molecule has 2 aromatic heterocycles. The Hall–Kier alpha value is -5.31. The first-order valence-electron chi connectivity index (χ1n) is 15.2. The molecule has 18 nitrogen and oxygen atoms in total. The lowest BCUT2D eigenvalue weighted by Gasteiger charge is -2.42. The first-order chi connectivity index (χ1) is 22.5. The number of hydrogen-bond donors (Lipinski definition) is 6. The molecule has 0 saturated carbocycles. The molecular weight excluding hydrogens is 614 g/mol. The number of aromatic nitrogens is 3. The van der Waals surface area contributed by atoms with Crippen molar-refractivity contribution < 1.29 is 33.9 Å². The van der Waals surface area contributed by atoms with E-state index in [4.69, 9.17) is 11.0 Å². The number of likely N-dealkylation sites (N-methyl/N-ethyl adjacent to an activating group) is 1. The molecule has 3 atom stereocenters. The number of likely N-dealkylation sites (tertiary alicyclic amines) is 1. The van der Waals surface area contributed by atoms with Gasteiger partial charge in [-0.3, -0.25) is 23.7 Å². The molecular formula is C29H41N11O7. The Labute approximate surface area is 271 Å². The fourth-order valence-corrected chi connectivity index (χ4v) is 5.22. The van der Waals surface area contributed by atoms with Crippen LogP contribution in [0.15, 0.2) is 18.6 Å². The van der Waals surface area contributed by atoms with Crippen LogP contribution < -0.4 is 31.9 Å². The van der Waals surface area contributed by atoms with Gasteiger partial charge < -0.3 is 41.9 Å². The van der Waals surface area contributed by atoms with Gasteiger partial charge in [-0.1, -0.05) is 6.92 Å². The van der Waals surface area contributed by atoms with Crippen LogP contribution >= 0.6 is 0 Å². The molecule has 18 heteroatoms. The molecule has 2 aromatic rings. The highest BCUT2D eigenvalue weighted by Gasteiger charge is 2.33. The predicted molar refractivity (Wildman–Crippen MR) is 168 cm³/mol. The minimum atomic E-state index is -1.20. The number of nitriles is 1. The van der Waals surface area contributed by atoms with Crippen molar-refractivity contribution in [3.8, 4) is 6.07 Å². The van der Waals surface area contributed by atoms with Crippen molar-refractivity contribution in [1.82, 2.24) is 40.7 Å². The van der Waals surface area contributed by atoms with E-state index in [2.05, 4.69) is 38.2 Å². The number of carbonyl (C=O) groups is 6. The molecule has 0 bridgehead atoms. The Morgan fingerprint density at radius 3 is 2.43 bits per heavy atom. The van der Waals surface area contributed by atoms with Gasteiger partial charge in [0.15, 0.2) is 5.65 Å². The van der Waals surface area contributed by atoms with Crippen molar-refractivity contribution >= 4 is 52.5 Å². The molecule has 1 saturated heterocycles. The van der Waals surface area contributed by atoms with Gasteiger partial charge in [0.1, 0.15) is 24.6 Å². The summed E-state index contributed by atoms with van der Waals surface area (Å²) >= 11 is 0. The zero-order valence-electron chi connectivity index (χ0n) is 26.4. The quantitative estimate of drug-likeness (QED) is 0.120. The van der Waals surface area contributed by atoms with E-state index in [9.17, 15) is 33.9 Å². The number of carbonyl (C=O) groups excluding carboxylic acids is 5. The fraction of sp³-hybridized carbons (Fsp3) is 0.552. The van der Waals surface area contributed by atoms with Crippen LogP contribution in [0.4, 0.5) is 10.6 Å². The van der Waals surface area contributed by atoms with Crippen molar-refractivity contribution in [3.05, 3.63) is 18.6 Å². The zero-order valence-corrected chi connectivity index (χ0v) is 26.4. The zero-order chi connectivity index (χ0) is 34.5. The molecule has 1 aliphatic rings. The number of carboxylic acid groups (broad SMARTS) is 1. The number of amides is 5. The summed E-state index contributed by atoms with van der Waals surface area (Å²) in [4.78, 5) is 85.3. The lowest BCUT2D eigenvalue weighted by atomic mass is 9.92. The van der Waals surface area contributed by atoms with Crippen molar-refractivity contribution in [3.63, 3.8) is 0 Å². The Morgan fingerprint density at radius 2 is 1.77 bits per heavy atom. The highest BCUT2D eigenvalue weighted by Crippen LogP contribution is 2.29. The van der Waals surface area contributed by atoms with Crippen molar-refractivity contribution in [2.75, 3.05) is 51.2 Å². The lowest BCUT2D eigenvalue weighted by molar-refractivity contribution is -0.142. The Morgan fingerprint density at radius 1 is 1.09 bits per heavy atom. The lowest BCUT2D eigenvalue weighted by Crippen LogP contribution is -2.52. The molecule has 3 rings (SSSR count). The molecule has 47 heavy (non-hydrogen) atoms. The first kappa shape index (κ1) is 36.2. The van der Waals surface area contributed by atoms with E-state index in [0.717, 1.165) is 6.42 Å². The summed E-state index contributed by atoms with van der Waals surface area (Å²) in [6.45, 7) is 2.06. The number of rotatable bonds is 15. The van der Waals surface area contributed by atoms with Gasteiger partial charge in [0.2, 0.25) is 23.6 Å². The van der Waals surface area contributed by atoms with E-state index in [1.54, 1.807) is 11.0 Å². The average molecular weight is 656 g/mol. The SMILES string of the molecule is C[C@@H]1CCN(C(=O)CC#N)C[C@@H]1N(C)c1ncnc2c1ccn2C(=O)NCC(=O)NCC(=O)NCC(=O)NC(CCCCN)C(=O)O. The van der Waals surface area contributed by atoms with E-state index in [-0.39, 0.29) is 30.7 Å². The summed E-state index contributed by atoms with van der Waals surface area (Å²) in [5.74, 6) is -2.70. The molecule has 1 fully saturated rings. The van der Waals surface area contributed by atoms with Gasteiger partial charge in [-0.2, -0.15) is 5.26 Å². The summed E-state index contributed by atoms with van der Waals surface area (Å²) in [5, 5.41) is 28.1. The van der Waals surface area contributed by atoms with Crippen LogP contribution in [0.5, 0.6) is 0 Å². The van der Waals surface area contributed by atoms with Gasteiger partial charge in [0, 0.05) is 26.3 Å². The standard InChI is InChI=1S/C29H41N11O7/c1-18-7-11-39(25(44)6-10-31)16-21(18)38(2)26-19-8-12-40(27(19)36-17-35-26)29(47)34-14-23(42)32-13-22(41)33-15-24(43)37-20(28(45)46)5-3-4-9-30/h8,12,17-18,20-21H,3-7,9,11,13-16,30H2,1-2H3,(H,32,42)(H,33,41)(H,34,47)(H,37,43)(H,45,46)/t18-,20?,21+/m1/s1. The number of hydrogen-bond acceptors (Lipinski definition) is 11. The van der Waals surface area contributed by atoms with Crippen LogP contribution in [-0.4, -0.2) is 119 Å². The second-order valence-corrected chi connectivity index (χ2v) is 11.2. The topological polar surface area (TPSA) is 258 Å². The number of piperidine rings is 1. The Balaban J connectivity index is 1.50. The smallest absolute Gasteiger partial charge is 0.327 e. The van der Waals surface area contributed by atoms with E-state index in [1.807, 2.05) is 18.0 Å². The number of fused-ring (bicyclic) bond motifs is 1. The van der Waals surface area contributed by atoms with E-state index in [1.165, 1.54) is 17.1 Å². The average Bonchev–Trinajstić information content (AvgIpc) is 3.49. The van der Waals surface area contributed by atoms with E-state index in [0.29, 0.717) is 49.3 Å². The van der Waals surface area contributed by atoms with Crippen LogP contribution in [0.2, 0.25) is 0 Å². The Kier molecular flexibility index (Phi) is 13.4. The van der Waals surface area contributed by atoms with Crippen LogP contribution in [-0.2, 0) is 24.0 Å². The van der Waals surface area contributed by atoms with Gasteiger partial charge in [-0.05, 0) is 44.2 Å². The van der Waals surface area contributed by atoms with Crippen LogP contribution in [0, 0.1) is 17.2 Å². The van der Waals surface area contributed by atoms with Crippen molar-refractivity contribution in [1.29, 1.82) is 5.26 Å². The number of nitrogens with one attached hydrogen (secondary N) is 4. The molecule has 1 unspecified atom stereocenters. The van der Waals surface area contributed by atoms with Gasteiger partial charge in [-0.25, -0.2) is 19.6 Å². The van der Waals surface area contributed by atoms with Crippen LogP contribution in [0.25, 0.3) is 11.0 Å². The number of nitrogens with two attached hydrogens (primary N) is 1. The monoisotopic (exact) mass is 655 g/mol. The summed E-state index contributed by atoms with van der Waals surface area (Å²) in [6, 6.07) is 1.72. The maximum atomic E-state index is 12.9. The van der Waals surface area contributed by atoms with Gasteiger partial charge in [-0.15, -0.1) is 0 Å². The van der Waals surface area contributed by atoms with Crippen LogP contribution in [0.1, 0.15) is 39.0 Å². The minimum absolute atomic E-state index is 0.0925. The molecule has 7 N–H and O–H groups in total. The third-order valence-corrected chi connectivity index (χ3v) is 7.88. The van der Waals surface area contributed by atoms with Crippen molar-refractivity contribution in [2.24, 2.45) is 11.7 Å². The second-order valence-electron chi connectivity index (χ2n) is 11.2. The summed E-state index contributed by atoms with van der Waals surface area (Å²) in [5.41, 5.74) is 5.69. The minimum Gasteiger partial charge on any atom is -0.480 e. The Bertz CT molecular complexity index is 1500. The molecule has 0 radical (unpaired) electrons. The molecule has 0 spiro atoms. The first-order valence-corrected chi connectivity index (χ1v) is 15.2. The van der Waals surface area contributed by atoms with Gasteiger partial charge in [0.25, 0.3) is 0 Å². The fourth-order valence-electron chi connectivity index (χ4n) is 5.22. The normalized spacial score (nSPS) is 16.4. The highest BCUT2D eigenvalue weighted by atomic mass is 16.4. The summed E-state index contributed by atoms with van der Waals surface area (Å²) < 4.78 is 1.22. The van der Waals surface area contributed by atoms with Crippen molar-refractivity contribution in [2.45, 2.75) is 51.1 Å². The molecule has 5 amide bonds. The third kappa shape index (κ3) is 10.1. The van der Waals surface area contributed by atoms with Gasteiger partial charge >= 0.3 is 12.0 Å². The largest absolute Gasteiger partial charge is 0.480 e. The number of unbranched alkanes of at least 4 members (excludes halogenated alkanes) is 1. The second kappa shape index (κ2) is 17.4. The third-order valence-electron chi connectivity index (χ3n) is 7.88. The number of carboxylic acids is 1. The maximum Gasteiger partial charge on any atom is 0.327 e. The van der Waals surface area contributed by atoms with E-state index >= 15 is 0 Å². The van der Waals surface area contributed by atoms with E-state index < -0.39 is 55.4 Å². The summed E-state index contributed by atoms with van der Waals surface area (Å²) in [7, 11) is 1.85. The molecule has 254 valence electrons. The summed E-state index contributed by atoms with van der Waals surface area (Å²) in [6.07, 6.45) is 4.71. The maximum absolute atomic E-state index is 12.9. The molecule has 0 aliphatic carbocycles. The number of nitrogens with zero attached hydrogens (tertiary/aromatic N) is 6. The number of anilines is 1. The van der Waals surface area contributed by atoms with Gasteiger partial charge in [0.05, 0.1) is 37.1 Å². The molecule has 0 aromatic carbocycles. The highest BCUT2D eigenvalue weighted by molar-refractivity contribution is 5.96. The predicted octanol–water partition coefficient (Wildman–Crippen LogP) is -1.49. The molecule has 1 aliphatic heterocycles. The molecule has 3 heterocycles.